The van der Waals surface area contributed by atoms with E-state index >= 15 is 0 Å². The number of nitrogens with zero attached hydrogens (tertiary/aromatic N) is 3. The van der Waals surface area contributed by atoms with E-state index in [1.807, 2.05) is 71.5 Å². The number of aromatic nitrogens is 2. The highest BCUT2D eigenvalue weighted by atomic mass is 32.2. The van der Waals surface area contributed by atoms with Gasteiger partial charge in [-0.15, -0.1) is 0 Å². The molecule has 0 saturated carbocycles. The summed E-state index contributed by atoms with van der Waals surface area (Å²) in [5.74, 6) is 0.358. The Morgan fingerprint density at radius 2 is 1.53 bits per heavy atom. The number of hydrogen-bond donors (Lipinski definition) is 1. The van der Waals surface area contributed by atoms with E-state index in [9.17, 15) is 8.42 Å². The van der Waals surface area contributed by atoms with Crippen molar-refractivity contribution in [3.8, 4) is 16.9 Å². The van der Waals surface area contributed by atoms with Crippen molar-refractivity contribution in [2.45, 2.75) is 11.4 Å². The molecule has 1 N–H and O–H groups in total. The van der Waals surface area contributed by atoms with Gasteiger partial charge in [-0.3, -0.25) is 9.71 Å². The van der Waals surface area contributed by atoms with Crippen LogP contribution in [-0.4, -0.2) is 24.0 Å². The molecule has 0 spiro atoms. The number of benzene rings is 3. The van der Waals surface area contributed by atoms with Crippen LogP contribution in [0.25, 0.3) is 16.9 Å². The molecular formula is C23H18N4O2S. The summed E-state index contributed by atoms with van der Waals surface area (Å²) in [6.45, 7) is 0.295. The quantitative estimate of drug-likeness (QED) is 0.552. The summed E-state index contributed by atoms with van der Waals surface area (Å²) >= 11 is 0. The van der Waals surface area contributed by atoms with E-state index in [0.717, 1.165) is 22.5 Å². The number of para-hydroxylation sites is 1. The van der Waals surface area contributed by atoms with Crippen molar-refractivity contribution in [3.05, 3.63) is 102 Å². The number of sulfonamides is 1. The van der Waals surface area contributed by atoms with E-state index in [-0.39, 0.29) is 4.90 Å². The first-order valence-electron chi connectivity index (χ1n) is 9.48. The molecule has 1 aliphatic heterocycles. The van der Waals surface area contributed by atoms with E-state index in [1.165, 1.54) is 0 Å². The van der Waals surface area contributed by atoms with Crippen LogP contribution < -0.4 is 4.72 Å². The summed E-state index contributed by atoms with van der Waals surface area (Å²) in [6.07, 6.45) is 1.94. The standard InChI is InChI=1S/C23H18N4O2S/c28-30(29)21-14-8-7-13-20(21)23(26-30)24-15-18-16-27(19-11-5-2-6-12-19)25-22(18)17-9-3-1-4-10-17/h1-14,16H,15H2,(H,24,26). The lowest BCUT2D eigenvalue weighted by Gasteiger charge is -2.01. The molecule has 5 rings (SSSR count). The van der Waals surface area contributed by atoms with Gasteiger partial charge < -0.3 is 0 Å². The van der Waals surface area contributed by atoms with Gasteiger partial charge in [-0.25, -0.2) is 13.1 Å². The minimum absolute atomic E-state index is 0.256. The number of hydrogen-bond acceptors (Lipinski definition) is 4. The van der Waals surface area contributed by atoms with Crippen LogP contribution >= 0.6 is 0 Å². The number of rotatable bonds is 4. The largest absolute Gasteiger partial charge is 0.263 e. The first-order valence-corrected chi connectivity index (χ1v) is 11.0. The predicted octanol–water partition coefficient (Wildman–Crippen LogP) is 3.78. The molecule has 0 radical (unpaired) electrons. The fourth-order valence-corrected chi connectivity index (χ4v) is 4.74. The zero-order valence-electron chi connectivity index (χ0n) is 15.9. The third kappa shape index (κ3) is 3.29. The monoisotopic (exact) mass is 414 g/mol. The van der Waals surface area contributed by atoms with Gasteiger partial charge in [0.05, 0.1) is 22.8 Å². The molecule has 0 bridgehead atoms. The summed E-state index contributed by atoms with van der Waals surface area (Å²) < 4.78 is 29.1. The first-order chi connectivity index (χ1) is 14.6. The predicted molar refractivity (Wildman–Crippen MR) is 116 cm³/mol. The summed E-state index contributed by atoms with van der Waals surface area (Å²) in [5.41, 5.74) is 4.24. The molecule has 0 unspecified atom stereocenters. The SMILES string of the molecule is O=S1(=O)NC(=NCc2cn(-c3ccccc3)nc2-c2ccccc2)c2ccccc21. The van der Waals surface area contributed by atoms with Gasteiger partial charge >= 0.3 is 0 Å². The zero-order valence-corrected chi connectivity index (χ0v) is 16.8. The smallest absolute Gasteiger partial charge is 0.263 e. The highest BCUT2D eigenvalue weighted by molar-refractivity contribution is 7.90. The normalized spacial score (nSPS) is 15.7. The van der Waals surface area contributed by atoms with Crippen molar-refractivity contribution in [2.24, 2.45) is 4.99 Å². The molecule has 148 valence electrons. The number of aliphatic imine (C=N–C) groups is 1. The van der Waals surface area contributed by atoms with E-state index in [0.29, 0.717) is 17.9 Å². The van der Waals surface area contributed by atoms with Crippen LogP contribution in [0.3, 0.4) is 0 Å². The van der Waals surface area contributed by atoms with Gasteiger partial charge in [0.25, 0.3) is 10.0 Å². The van der Waals surface area contributed by atoms with E-state index in [2.05, 4.69) is 9.71 Å². The lowest BCUT2D eigenvalue weighted by atomic mass is 10.1. The zero-order chi connectivity index (χ0) is 20.6. The maximum atomic E-state index is 12.3. The molecule has 0 aliphatic carbocycles. The van der Waals surface area contributed by atoms with Gasteiger partial charge in [0, 0.05) is 22.9 Å². The fourth-order valence-electron chi connectivity index (χ4n) is 3.49. The van der Waals surface area contributed by atoms with Crippen molar-refractivity contribution in [3.63, 3.8) is 0 Å². The number of fused-ring (bicyclic) bond motifs is 1. The molecule has 30 heavy (non-hydrogen) atoms. The lowest BCUT2D eigenvalue weighted by molar-refractivity contribution is 0.595. The molecule has 3 aromatic carbocycles. The second kappa shape index (κ2) is 7.27. The van der Waals surface area contributed by atoms with Gasteiger partial charge in [-0.1, -0.05) is 60.7 Å². The minimum Gasteiger partial charge on any atom is -0.263 e. The molecule has 0 saturated heterocycles. The average Bonchev–Trinajstić information content (AvgIpc) is 3.33. The Hall–Kier alpha value is -3.71. The number of amidine groups is 1. The Kier molecular flexibility index (Phi) is 4.44. The van der Waals surface area contributed by atoms with Gasteiger partial charge in [-0.05, 0) is 24.3 Å². The second-order valence-corrected chi connectivity index (χ2v) is 8.57. The van der Waals surface area contributed by atoms with Gasteiger partial charge in [-0.2, -0.15) is 5.10 Å². The average molecular weight is 414 g/mol. The second-order valence-electron chi connectivity index (χ2n) is 6.92. The topological polar surface area (TPSA) is 76.3 Å². The maximum absolute atomic E-state index is 12.3. The molecule has 2 heterocycles. The Bertz CT molecular complexity index is 1340. The van der Waals surface area contributed by atoms with Crippen molar-refractivity contribution >= 4 is 15.9 Å². The Labute approximate surface area is 174 Å². The Balaban J connectivity index is 1.56. The van der Waals surface area contributed by atoms with Gasteiger partial charge in [0.2, 0.25) is 0 Å². The van der Waals surface area contributed by atoms with Crippen molar-refractivity contribution < 1.29 is 8.42 Å². The molecule has 0 atom stereocenters. The van der Waals surface area contributed by atoms with Gasteiger partial charge in [0.1, 0.15) is 5.84 Å². The molecule has 0 amide bonds. The Morgan fingerprint density at radius 1 is 0.867 bits per heavy atom. The van der Waals surface area contributed by atoms with Crippen LogP contribution in [0.15, 0.2) is 101 Å². The summed E-state index contributed by atoms with van der Waals surface area (Å²) in [5, 5.41) is 4.78. The summed E-state index contributed by atoms with van der Waals surface area (Å²) in [6, 6.07) is 26.6. The van der Waals surface area contributed by atoms with Crippen LogP contribution in [-0.2, 0) is 16.6 Å². The Morgan fingerprint density at radius 3 is 2.30 bits per heavy atom. The molecule has 6 nitrogen and oxygen atoms in total. The van der Waals surface area contributed by atoms with Crippen LogP contribution in [0.4, 0.5) is 0 Å². The van der Waals surface area contributed by atoms with E-state index in [1.54, 1.807) is 24.3 Å². The molecular weight excluding hydrogens is 396 g/mol. The van der Waals surface area contributed by atoms with Crippen molar-refractivity contribution in [1.29, 1.82) is 0 Å². The minimum atomic E-state index is -3.56. The molecule has 4 aromatic rings. The third-order valence-corrected chi connectivity index (χ3v) is 6.33. The number of nitrogens with one attached hydrogen (secondary N) is 1. The molecule has 7 heteroatoms. The van der Waals surface area contributed by atoms with Crippen LogP contribution in [0.1, 0.15) is 11.1 Å². The van der Waals surface area contributed by atoms with Crippen LogP contribution in [0.5, 0.6) is 0 Å². The summed E-state index contributed by atoms with van der Waals surface area (Å²) in [4.78, 5) is 4.85. The summed E-state index contributed by atoms with van der Waals surface area (Å²) in [7, 11) is -3.56. The van der Waals surface area contributed by atoms with Crippen molar-refractivity contribution in [1.82, 2.24) is 14.5 Å². The molecule has 0 fully saturated rings. The fraction of sp³-hybridized carbons (Fsp3) is 0.0435. The highest BCUT2D eigenvalue weighted by Gasteiger charge is 2.30. The third-order valence-electron chi connectivity index (χ3n) is 4.93. The van der Waals surface area contributed by atoms with Gasteiger partial charge in [0.15, 0.2) is 0 Å². The highest BCUT2D eigenvalue weighted by Crippen LogP contribution is 2.26. The molecule has 1 aromatic heterocycles. The maximum Gasteiger partial charge on any atom is 0.263 e. The van der Waals surface area contributed by atoms with Crippen LogP contribution in [0.2, 0.25) is 0 Å². The van der Waals surface area contributed by atoms with Crippen molar-refractivity contribution in [2.75, 3.05) is 0 Å². The van der Waals surface area contributed by atoms with E-state index < -0.39 is 10.0 Å². The first kappa shape index (κ1) is 18.3. The van der Waals surface area contributed by atoms with E-state index in [4.69, 9.17) is 5.10 Å². The molecule has 1 aliphatic rings. The van der Waals surface area contributed by atoms with Crippen LogP contribution in [0, 0.1) is 0 Å². The lowest BCUT2D eigenvalue weighted by Crippen LogP contribution is -2.22.